The molecule has 1 heterocycles. The van der Waals surface area contributed by atoms with Crippen LogP contribution in [0.5, 0.6) is 0 Å². The van der Waals surface area contributed by atoms with Crippen LogP contribution in [0.1, 0.15) is 18.9 Å². The second-order valence-electron chi connectivity index (χ2n) is 4.77. The van der Waals surface area contributed by atoms with Gasteiger partial charge in [0.25, 0.3) is 0 Å². The molecule has 0 amide bonds. The van der Waals surface area contributed by atoms with Gasteiger partial charge in [0.05, 0.1) is 0 Å². The molecule has 17 heavy (non-hydrogen) atoms. The van der Waals surface area contributed by atoms with Crippen molar-refractivity contribution >= 4 is 11.8 Å². The van der Waals surface area contributed by atoms with Crippen molar-refractivity contribution in [3.8, 4) is 11.1 Å². The molecule has 0 radical (unpaired) electrons. The summed E-state index contributed by atoms with van der Waals surface area (Å²) in [4.78, 5) is 0. The smallest absolute Gasteiger partial charge is 0.0388 e. The standard InChI is InChI=1S/C16H16S/c1-16(11-12-17-16)15-9-7-14(8-10-15)13-5-3-2-4-6-13/h2-10H,11-12H2,1H3. The number of thioether (sulfide) groups is 1. The fraction of sp³-hybridized carbons (Fsp3) is 0.250. The van der Waals surface area contributed by atoms with E-state index in [4.69, 9.17) is 0 Å². The SMILES string of the molecule is CC1(c2ccc(-c3ccccc3)cc2)CCS1. The number of rotatable bonds is 2. The van der Waals surface area contributed by atoms with Gasteiger partial charge in [-0.1, -0.05) is 54.6 Å². The lowest BCUT2D eigenvalue weighted by molar-refractivity contribution is 0.626. The van der Waals surface area contributed by atoms with Crippen LogP contribution in [0.15, 0.2) is 54.6 Å². The van der Waals surface area contributed by atoms with Crippen molar-refractivity contribution < 1.29 is 0 Å². The lowest BCUT2D eigenvalue weighted by Crippen LogP contribution is -2.27. The third-order valence-corrected chi connectivity index (χ3v) is 5.09. The van der Waals surface area contributed by atoms with Crippen molar-refractivity contribution in [1.82, 2.24) is 0 Å². The highest BCUT2D eigenvalue weighted by atomic mass is 32.2. The maximum atomic E-state index is 2.35. The molecule has 86 valence electrons. The van der Waals surface area contributed by atoms with Crippen LogP contribution in [0.2, 0.25) is 0 Å². The second-order valence-corrected chi connectivity index (χ2v) is 6.37. The van der Waals surface area contributed by atoms with Gasteiger partial charge < -0.3 is 0 Å². The lowest BCUT2D eigenvalue weighted by Gasteiger charge is -2.38. The van der Waals surface area contributed by atoms with Gasteiger partial charge in [0.2, 0.25) is 0 Å². The van der Waals surface area contributed by atoms with Crippen LogP contribution in [-0.2, 0) is 4.75 Å². The van der Waals surface area contributed by atoms with E-state index in [-0.39, 0.29) is 0 Å². The monoisotopic (exact) mass is 240 g/mol. The molecule has 2 aromatic carbocycles. The highest BCUT2D eigenvalue weighted by molar-refractivity contribution is 8.01. The minimum Gasteiger partial charge on any atom is -0.151 e. The molecule has 1 fully saturated rings. The van der Waals surface area contributed by atoms with Crippen molar-refractivity contribution in [2.24, 2.45) is 0 Å². The lowest BCUT2D eigenvalue weighted by atomic mass is 9.94. The van der Waals surface area contributed by atoms with E-state index in [1.54, 1.807) is 0 Å². The largest absolute Gasteiger partial charge is 0.151 e. The van der Waals surface area contributed by atoms with Crippen LogP contribution in [0.25, 0.3) is 11.1 Å². The quantitative estimate of drug-likeness (QED) is 0.733. The Hall–Kier alpha value is -1.21. The van der Waals surface area contributed by atoms with Gasteiger partial charge in [-0.3, -0.25) is 0 Å². The molecule has 0 saturated carbocycles. The molecule has 0 bridgehead atoms. The van der Waals surface area contributed by atoms with Gasteiger partial charge in [-0.25, -0.2) is 0 Å². The molecule has 1 aliphatic rings. The summed E-state index contributed by atoms with van der Waals surface area (Å²) < 4.78 is 0.370. The Morgan fingerprint density at radius 3 is 2.00 bits per heavy atom. The Morgan fingerprint density at radius 2 is 1.47 bits per heavy atom. The van der Waals surface area contributed by atoms with Crippen LogP contribution in [-0.4, -0.2) is 5.75 Å². The van der Waals surface area contributed by atoms with Gasteiger partial charge in [-0.15, -0.1) is 0 Å². The van der Waals surface area contributed by atoms with Crippen molar-refractivity contribution in [3.05, 3.63) is 60.2 Å². The summed E-state index contributed by atoms with van der Waals surface area (Å²) in [6.45, 7) is 2.35. The molecule has 2 aromatic rings. The van der Waals surface area contributed by atoms with E-state index in [2.05, 4.69) is 73.3 Å². The van der Waals surface area contributed by atoms with Gasteiger partial charge in [-0.05, 0) is 35.8 Å². The first-order valence-electron chi connectivity index (χ1n) is 6.08. The molecule has 3 rings (SSSR count). The van der Waals surface area contributed by atoms with Crippen LogP contribution in [0.4, 0.5) is 0 Å². The molecule has 0 N–H and O–H groups in total. The van der Waals surface area contributed by atoms with E-state index in [1.807, 2.05) is 0 Å². The molecular formula is C16H16S. The molecule has 1 unspecified atom stereocenters. The summed E-state index contributed by atoms with van der Waals surface area (Å²) in [5, 5.41) is 0. The highest BCUT2D eigenvalue weighted by Gasteiger charge is 2.34. The Bertz CT molecular complexity index is 495. The van der Waals surface area contributed by atoms with Crippen molar-refractivity contribution in [1.29, 1.82) is 0 Å². The van der Waals surface area contributed by atoms with Crippen molar-refractivity contribution in [2.75, 3.05) is 5.75 Å². The third kappa shape index (κ3) is 2.00. The Labute approximate surface area is 107 Å². The molecule has 1 atom stereocenters. The van der Waals surface area contributed by atoms with E-state index in [1.165, 1.54) is 28.9 Å². The Balaban J connectivity index is 1.90. The zero-order valence-corrected chi connectivity index (χ0v) is 10.8. The van der Waals surface area contributed by atoms with Gasteiger partial charge >= 0.3 is 0 Å². The van der Waals surface area contributed by atoms with E-state index in [0.717, 1.165) is 0 Å². The van der Waals surface area contributed by atoms with Gasteiger partial charge in [0.1, 0.15) is 0 Å². The molecule has 1 aliphatic heterocycles. The number of benzene rings is 2. The Morgan fingerprint density at radius 1 is 0.882 bits per heavy atom. The molecule has 0 nitrogen and oxygen atoms in total. The maximum Gasteiger partial charge on any atom is 0.0388 e. The van der Waals surface area contributed by atoms with Crippen LogP contribution in [0.3, 0.4) is 0 Å². The summed E-state index contributed by atoms with van der Waals surface area (Å²) in [6, 6.07) is 19.6. The topological polar surface area (TPSA) is 0 Å². The summed E-state index contributed by atoms with van der Waals surface area (Å²) in [6.07, 6.45) is 1.31. The number of hydrogen-bond donors (Lipinski definition) is 0. The predicted molar refractivity (Wildman–Crippen MR) is 76.3 cm³/mol. The van der Waals surface area contributed by atoms with Gasteiger partial charge in [-0.2, -0.15) is 11.8 Å². The van der Waals surface area contributed by atoms with Crippen molar-refractivity contribution in [3.63, 3.8) is 0 Å². The first kappa shape index (κ1) is 10.9. The van der Waals surface area contributed by atoms with E-state index in [9.17, 15) is 0 Å². The fourth-order valence-electron chi connectivity index (χ4n) is 2.28. The first-order valence-corrected chi connectivity index (χ1v) is 7.06. The number of hydrogen-bond acceptors (Lipinski definition) is 1. The minimum atomic E-state index is 0.370. The minimum absolute atomic E-state index is 0.370. The molecule has 0 aromatic heterocycles. The molecule has 0 aliphatic carbocycles. The van der Waals surface area contributed by atoms with Crippen LogP contribution < -0.4 is 0 Å². The van der Waals surface area contributed by atoms with E-state index >= 15 is 0 Å². The first-order chi connectivity index (χ1) is 8.28. The highest BCUT2D eigenvalue weighted by Crippen LogP contribution is 2.48. The zero-order chi connectivity index (χ0) is 11.7. The van der Waals surface area contributed by atoms with E-state index in [0.29, 0.717) is 4.75 Å². The van der Waals surface area contributed by atoms with Crippen LogP contribution >= 0.6 is 11.8 Å². The summed E-state index contributed by atoms with van der Waals surface area (Å²) in [5.74, 6) is 1.30. The fourth-order valence-corrected chi connectivity index (χ4v) is 3.40. The van der Waals surface area contributed by atoms with Crippen LogP contribution in [0, 0.1) is 0 Å². The normalized spacial score (nSPS) is 23.1. The predicted octanol–water partition coefficient (Wildman–Crippen LogP) is 4.71. The molecular weight excluding hydrogens is 224 g/mol. The third-order valence-electron chi connectivity index (χ3n) is 3.60. The molecule has 1 saturated heterocycles. The average Bonchev–Trinajstić information content (AvgIpc) is 2.37. The average molecular weight is 240 g/mol. The summed E-state index contributed by atoms with van der Waals surface area (Å²) in [7, 11) is 0. The Kier molecular flexibility index (Phi) is 2.71. The maximum absolute atomic E-state index is 2.35. The summed E-state index contributed by atoms with van der Waals surface area (Å²) in [5.41, 5.74) is 4.07. The van der Waals surface area contributed by atoms with Gasteiger partial charge in [0, 0.05) is 4.75 Å². The molecule has 0 spiro atoms. The zero-order valence-electron chi connectivity index (χ0n) is 10.0. The van der Waals surface area contributed by atoms with E-state index < -0.39 is 0 Å². The molecule has 1 heteroatoms. The second kappa shape index (κ2) is 4.23. The summed E-state index contributed by atoms with van der Waals surface area (Å²) >= 11 is 2.06. The van der Waals surface area contributed by atoms with Gasteiger partial charge in [0.15, 0.2) is 0 Å². The van der Waals surface area contributed by atoms with Crippen molar-refractivity contribution in [2.45, 2.75) is 18.1 Å².